The molecule has 0 bridgehead atoms. The zero-order chi connectivity index (χ0) is 21.3. The molecule has 152 valence electrons. The molecule has 3 aromatic carbocycles. The maximum atomic E-state index is 12.2. The number of rotatable bonds is 7. The Kier molecular flexibility index (Phi) is 7.81. The Morgan fingerprint density at radius 1 is 0.967 bits per heavy atom. The Morgan fingerprint density at radius 3 is 2.33 bits per heavy atom. The van der Waals surface area contributed by atoms with Crippen LogP contribution in [0.5, 0.6) is 11.5 Å². The molecule has 0 atom stereocenters. The van der Waals surface area contributed by atoms with Crippen molar-refractivity contribution >= 4 is 52.3 Å². The number of nitrogens with zero attached hydrogens (tertiary/aromatic N) is 1. The minimum Gasteiger partial charge on any atom is -0.484 e. The zero-order valence-electron chi connectivity index (χ0n) is 15.5. The molecule has 8 heteroatoms. The molecule has 0 aliphatic heterocycles. The van der Waals surface area contributed by atoms with Gasteiger partial charge in [0.25, 0.3) is 5.91 Å². The third-order valence-corrected chi connectivity index (χ3v) is 4.82. The van der Waals surface area contributed by atoms with E-state index < -0.39 is 5.97 Å². The van der Waals surface area contributed by atoms with E-state index in [2.05, 4.69) is 33.1 Å². The minimum absolute atomic E-state index is 0.144. The molecule has 0 fully saturated rings. The van der Waals surface area contributed by atoms with E-state index in [1.54, 1.807) is 60.7 Å². The molecule has 0 spiro atoms. The summed E-state index contributed by atoms with van der Waals surface area (Å²) in [5.41, 5.74) is 3.40. The van der Waals surface area contributed by atoms with Gasteiger partial charge in [-0.05, 0) is 88.8 Å². The van der Waals surface area contributed by atoms with Gasteiger partial charge < -0.3 is 9.47 Å². The van der Waals surface area contributed by atoms with Crippen molar-refractivity contribution in [2.24, 2.45) is 5.10 Å². The highest BCUT2D eigenvalue weighted by Gasteiger charge is 2.11. The van der Waals surface area contributed by atoms with E-state index in [1.807, 2.05) is 12.1 Å². The normalized spacial score (nSPS) is 10.6. The molecule has 3 rings (SSSR count). The van der Waals surface area contributed by atoms with Gasteiger partial charge in [-0.25, -0.2) is 10.2 Å². The molecule has 0 saturated carbocycles. The van der Waals surface area contributed by atoms with E-state index in [0.29, 0.717) is 27.6 Å². The van der Waals surface area contributed by atoms with Crippen molar-refractivity contribution in [3.05, 3.63) is 92.5 Å². The van der Waals surface area contributed by atoms with Crippen molar-refractivity contribution in [3.63, 3.8) is 0 Å². The lowest BCUT2D eigenvalue weighted by Crippen LogP contribution is -2.24. The first kappa shape index (κ1) is 21.8. The number of hydrogen-bond donors (Lipinski definition) is 1. The molecule has 0 radical (unpaired) electrons. The molecule has 30 heavy (non-hydrogen) atoms. The van der Waals surface area contributed by atoms with Crippen molar-refractivity contribution in [3.8, 4) is 11.5 Å². The molecular weight excluding hydrogens is 519 g/mol. The molecule has 0 saturated heterocycles. The van der Waals surface area contributed by atoms with Gasteiger partial charge in [0, 0.05) is 3.57 Å². The minimum atomic E-state index is -0.539. The highest BCUT2D eigenvalue weighted by atomic mass is 127. The van der Waals surface area contributed by atoms with Gasteiger partial charge in [-0.2, -0.15) is 5.10 Å². The largest absolute Gasteiger partial charge is 0.484 e. The van der Waals surface area contributed by atoms with Gasteiger partial charge in [0.15, 0.2) is 6.61 Å². The SMILES string of the molecule is O=C(COc1ccc(I)cc1)N/N=C/c1ccc(OC(=O)c2ccccc2Cl)cc1. The van der Waals surface area contributed by atoms with Crippen LogP contribution >= 0.6 is 34.2 Å². The summed E-state index contributed by atoms with van der Waals surface area (Å²) < 4.78 is 11.8. The van der Waals surface area contributed by atoms with Gasteiger partial charge in [-0.3, -0.25) is 4.79 Å². The quantitative estimate of drug-likeness (QED) is 0.157. The van der Waals surface area contributed by atoms with E-state index in [-0.39, 0.29) is 12.5 Å². The first-order valence-electron chi connectivity index (χ1n) is 8.78. The topological polar surface area (TPSA) is 77.0 Å². The van der Waals surface area contributed by atoms with Crippen LogP contribution in [0, 0.1) is 3.57 Å². The Morgan fingerprint density at radius 2 is 1.63 bits per heavy atom. The van der Waals surface area contributed by atoms with E-state index in [4.69, 9.17) is 21.1 Å². The molecule has 6 nitrogen and oxygen atoms in total. The predicted octanol–water partition coefficient (Wildman–Crippen LogP) is 4.69. The average Bonchev–Trinajstić information content (AvgIpc) is 2.75. The number of hydrazone groups is 1. The molecule has 0 heterocycles. The number of hydrogen-bond acceptors (Lipinski definition) is 5. The summed E-state index contributed by atoms with van der Waals surface area (Å²) in [5, 5.41) is 4.21. The fourth-order valence-electron chi connectivity index (χ4n) is 2.30. The number of ether oxygens (including phenoxy) is 2. The number of carbonyl (C=O) groups excluding carboxylic acids is 2. The van der Waals surface area contributed by atoms with Crippen LogP contribution in [0.4, 0.5) is 0 Å². The molecule has 0 aliphatic carbocycles. The van der Waals surface area contributed by atoms with Crippen LogP contribution in [0.1, 0.15) is 15.9 Å². The third-order valence-electron chi connectivity index (χ3n) is 3.77. The summed E-state index contributed by atoms with van der Waals surface area (Å²) >= 11 is 8.18. The molecule has 0 aliphatic rings. The molecular formula is C22H16ClIN2O4. The second-order valence-electron chi connectivity index (χ2n) is 5.97. The molecule has 1 N–H and O–H groups in total. The van der Waals surface area contributed by atoms with Crippen molar-refractivity contribution in [2.75, 3.05) is 6.61 Å². The van der Waals surface area contributed by atoms with Crippen LogP contribution < -0.4 is 14.9 Å². The third kappa shape index (κ3) is 6.57. The Balaban J connectivity index is 1.47. The van der Waals surface area contributed by atoms with Gasteiger partial charge in [-0.15, -0.1) is 0 Å². The van der Waals surface area contributed by atoms with Crippen LogP contribution in [0.3, 0.4) is 0 Å². The molecule has 1 amide bonds. The number of nitrogens with one attached hydrogen (secondary N) is 1. The summed E-state index contributed by atoms with van der Waals surface area (Å²) in [5.74, 6) is 0.0565. The lowest BCUT2D eigenvalue weighted by Gasteiger charge is -2.06. The summed E-state index contributed by atoms with van der Waals surface area (Å²) in [7, 11) is 0. The maximum Gasteiger partial charge on any atom is 0.345 e. The van der Waals surface area contributed by atoms with Gasteiger partial charge in [0.1, 0.15) is 11.5 Å². The Hall–Kier alpha value is -2.91. The highest BCUT2D eigenvalue weighted by molar-refractivity contribution is 14.1. The summed E-state index contributed by atoms with van der Waals surface area (Å²) in [6, 6.07) is 20.7. The van der Waals surface area contributed by atoms with Crippen molar-refractivity contribution < 1.29 is 19.1 Å². The van der Waals surface area contributed by atoms with Crippen molar-refractivity contribution in [2.45, 2.75) is 0 Å². The van der Waals surface area contributed by atoms with Gasteiger partial charge >= 0.3 is 5.97 Å². The first-order valence-corrected chi connectivity index (χ1v) is 10.2. The van der Waals surface area contributed by atoms with Crippen LogP contribution in [0.25, 0.3) is 0 Å². The van der Waals surface area contributed by atoms with Crippen LogP contribution in [0.15, 0.2) is 77.9 Å². The lowest BCUT2D eigenvalue weighted by atomic mass is 10.2. The van der Waals surface area contributed by atoms with E-state index >= 15 is 0 Å². The monoisotopic (exact) mass is 534 g/mol. The average molecular weight is 535 g/mol. The second-order valence-corrected chi connectivity index (χ2v) is 7.63. The van der Waals surface area contributed by atoms with Crippen molar-refractivity contribution in [1.29, 1.82) is 0 Å². The van der Waals surface area contributed by atoms with E-state index in [1.165, 1.54) is 6.21 Å². The lowest BCUT2D eigenvalue weighted by molar-refractivity contribution is -0.123. The van der Waals surface area contributed by atoms with Gasteiger partial charge in [0.2, 0.25) is 0 Å². The Labute approximate surface area is 192 Å². The fourth-order valence-corrected chi connectivity index (χ4v) is 2.87. The highest BCUT2D eigenvalue weighted by Crippen LogP contribution is 2.19. The van der Waals surface area contributed by atoms with Crippen molar-refractivity contribution in [1.82, 2.24) is 5.43 Å². The van der Waals surface area contributed by atoms with E-state index in [0.717, 1.165) is 3.57 Å². The summed E-state index contributed by atoms with van der Waals surface area (Å²) in [6.45, 7) is -0.144. The second kappa shape index (κ2) is 10.7. The van der Waals surface area contributed by atoms with Crippen LogP contribution in [0.2, 0.25) is 5.02 Å². The number of halogens is 2. The van der Waals surface area contributed by atoms with E-state index in [9.17, 15) is 9.59 Å². The summed E-state index contributed by atoms with van der Waals surface area (Å²) in [6.07, 6.45) is 1.47. The standard InChI is InChI=1S/C22H16ClIN2O4/c23-20-4-2-1-3-19(20)22(28)30-18-9-5-15(6-10-18)13-25-26-21(27)14-29-17-11-7-16(24)8-12-17/h1-13H,14H2,(H,26,27)/b25-13+. The maximum absolute atomic E-state index is 12.2. The Bertz CT molecular complexity index is 1050. The van der Waals surface area contributed by atoms with Crippen LogP contribution in [-0.2, 0) is 4.79 Å². The molecule has 3 aromatic rings. The molecule has 0 unspecified atom stereocenters. The van der Waals surface area contributed by atoms with Crippen LogP contribution in [-0.4, -0.2) is 24.7 Å². The fraction of sp³-hybridized carbons (Fsp3) is 0.0455. The molecule has 0 aromatic heterocycles. The summed E-state index contributed by atoms with van der Waals surface area (Å²) in [4.78, 5) is 23.9. The van der Waals surface area contributed by atoms with Gasteiger partial charge in [0.05, 0.1) is 16.8 Å². The number of esters is 1. The smallest absolute Gasteiger partial charge is 0.345 e. The number of benzene rings is 3. The zero-order valence-corrected chi connectivity index (χ0v) is 18.5. The number of amides is 1. The number of carbonyl (C=O) groups is 2. The van der Waals surface area contributed by atoms with Gasteiger partial charge in [-0.1, -0.05) is 23.7 Å². The first-order chi connectivity index (χ1) is 14.5. The predicted molar refractivity (Wildman–Crippen MR) is 123 cm³/mol.